The minimum Gasteiger partial charge on any atom is -0.362 e. The first kappa shape index (κ1) is 17.9. The van der Waals surface area contributed by atoms with E-state index >= 15 is 0 Å². The van der Waals surface area contributed by atoms with E-state index in [9.17, 15) is 23.1 Å². The number of hydrazone groups is 1. The van der Waals surface area contributed by atoms with Crippen molar-refractivity contribution in [2.45, 2.75) is 44.5 Å². The van der Waals surface area contributed by atoms with Crippen LogP contribution < -0.4 is 0 Å². The Balaban J connectivity index is 2.37. The molecule has 1 heterocycles. The molecule has 1 amide bonds. The maximum atomic E-state index is 13.3. The van der Waals surface area contributed by atoms with Gasteiger partial charge < -0.3 is 5.11 Å². The molecule has 2 rings (SSSR count). The van der Waals surface area contributed by atoms with Gasteiger partial charge in [0, 0.05) is 22.2 Å². The number of hydrogen-bond acceptors (Lipinski definition) is 3. The number of nitrogens with zero attached hydrogens (tertiary/aromatic N) is 2. The van der Waals surface area contributed by atoms with E-state index in [0.29, 0.717) is 17.3 Å². The van der Waals surface area contributed by atoms with Gasteiger partial charge in [0.2, 0.25) is 0 Å². The second-order valence-corrected chi connectivity index (χ2v) is 6.30. The molecule has 0 spiro atoms. The number of aliphatic hydroxyl groups is 1. The third-order valence-electron chi connectivity index (χ3n) is 3.58. The van der Waals surface area contributed by atoms with E-state index in [0.717, 1.165) is 6.42 Å². The number of hydrogen-bond donors (Lipinski definition) is 1. The summed E-state index contributed by atoms with van der Waals surface area (Å²) in [5, 5.41) is 14.0. The van der Waals surface area contributed by atoms with Crippen LogP contribution in [0.4, 0.5) is 13.2 Å². The first-order chi connectivity index (χ1) is 10.7. The Morgan fingerprint density at radius 3 is 2.74 bits per heavy atom. The summed E-state index contributed by atoms with van der Waals surface area (Å²) in [6.45, 7) is 1.90. The van der Waals surface area contributed by atoms with E-state index in [4.69, 9.17) is 0 Å². The topological polar surface area (TPSA) is 52.9 Å². The average molecular weight is 393 g/mol. The minimum atomic E-state index is -4.99. The number of rotatable bonds is 4. The molecule has 1 aromatic rings. The molecule has 1 N–H and O–H groups in total. The van der Waals surface area contributed by atoms with E-state index in [-0.39, 0.29) is 16.3 Å². The molecule has 1 atom stereocenters. The van der Waals surface area contributed by atoms with Gasteiger partial charge >= 0.3 is 6.18 Å². The highest BCUT2D eigenvalue weighted by molar-refractivity contribution is 9.10. The molecule has 0 saturated carbocycles. The van der Waals surface area contributed by atoms with Gasteiger partial charge in [-0.2, -0.15) is 23.3 Å². The van der Waals surface area contributed by atoms with Gasteiger partial charge in [-0.1, -0.05) is 35.3 Å². The molecule has 1 aliphatic rings. The zero-order valence-electron chi connectivity index (χ0n) is 12.4. The van der Waals surface area contributed by atoms with Crippen molar-refractivity contribution in [3.05, 3.63) is 34.3 Å². The van der Waals surface area contributed by atoms with Gasteiger partial charge in [0.05, 0.1) is 0 Å². The predicted molar refractivity (Wildman–Crippen MR) is 82.9 cm³/mol. The van der Waals surface area contributed by atoms with Crippen molar-refractivity contribution in [3.8, 4) is 0 Å². The van der Waals surface area contributed by atoms with Crippen LogP contribution in [0.15, 0.2) is 33.8 Å². The fraction of sp³-hybridized carbons (Fsp3) is 0.467. The Bertz CT molecular complexity index is 633. The predicted octanol–water partition coefficient (Wildman–Crippen LogP) is 4.09. The van der Waals surface area contributed by atoms with E-state index in [1.165, 1.54) is 18.2 Å². The lowest BCUT2D eigenvalue weighted by molar-refractivity contribution is -0.297. The summed E-state index contributed by atoms with van der Waals surface area (Å²) in [6.07, 6.45) is -3.96. The maximum absolute atomic E-state index is 13.3. The van der Waals surface area contributed by atoms with Crippen LogP contribution in [-0.4, -0.2) is 33.6 Å². The van der Waals surface area contributed by atoms with Crippen LogP contribution in [0.1, 0.15) is 43.0 Å². The lowest BCUT2D eigenvalue weighted by Crippen LogP contribution is -2.56. The smallest absolute Gasteiger partial charge is 0.362 e. The van der Waals surface area contributed by atoms with E-state index in [1.54, 1.807) is 6.07 Å². The highest BCUT2D eigenvalue weighted by Crippen LogP contribution is 2.41. The first-order valence-electron chi connectivity index (χ1n) is 7.14. The second-order valence-electron chi connectivity index (χ2n) is 5.39. The summed E-state index contributed by atoms with van der Waals surface area (Å²) in [5.74, 6) is -0.988. The van der Waals surface area contributed by atoms with Gasteiger partial charge in [0.15, 0.2) is 0 Å². The van der Waals surface area contributed by atoms with Crippen molar-refractivity contribution >= 4 is 27.5 Å². The molecule has 0 fully saturated rings. The van der Waals surface area contributed by atoms with E-state index in [1.807, 2.05) is 6.92 Å². The van der Waals surface area contributed by atoms with Gasteiger partial charge in [0.25, 0.3) is 11.6 Å². The Morgan fingerprint density at radius 2 is 2.17 bits per heavy atom. The van der Waals surface area contributed by atoms with Crippen molar-refractivity contribution in [1.82, 2.24) is 5.01 Å². The Kier molecular flexibility index (Phi) is 5.15. The Labute approximate surface area is 140 Å². The second kappa shape index (κ2) is 6.60. The molecule has 0 radical (unpaired) electrons. The normalized spacial score (nSPS) is 21.5. The van der Waals surface area contributed by atoms with Crippen molar-refractivity contribution in [1.29, 1.82) is 0 Å². The number of amides is 1. The molecule has 1 aromatic carbocycles. The van der Waals surface area contributed by atoms with Gasteiger partial charge in [-0.05, 0) is 31.0 Å². The molecular weight excluding hydrogens is 377 g/mol. The standard InChI is InChI=1S/C15H16BrF3N2O2/c1-2-3-7-12-9-14(23,15(17,18)19)21(20-12)13(22)10-5-4-6-11(16)8-10/h4-6,8,23H,2-3,7,9H2,1H3. The molecule has 126 valence electrons. The van der Waals surface area contributed by atoms with E-state index in [2.05, 4.69) is 21.0 Å². The lowest BCUT2D eigenvalue weighted by Gasteiger charge is -2.32. The molecule has 0 bridgehead atoms. The number of carbonyl (C=O) groups is 1. The first-order valence-corrected chi connectivity index (χ1v) is 7.94. The number of halogens is 4. The number of benzene rings is 1. The van der Waals surface area contributed by atoms with Crippen molar-refractivity contribution < 1.29 is 23.1 Å². The highest BCUT2D eigenvalue weighted by Gasteiger charge is 2.63. The van der Waals surface area contributed by atoms with Crippen LogP contribution in [0.25, 0.3) is 0 Å². The Morgan fingerprint density at radius 1 is 1.48 bits per heavy atom. The highest BCUT2D eigenvalue weighted by atomic mass is 79.9. The lowest BCUT2D eigenvalue weighted by atomic mass is 10.0. The third-order valence-corrected chi connectivity index (χ3v) is 4.07. The average Bonchev–Trinajstić information content (AvgIpc) is 2.82. The van der Waals surface area contributed by atoms with Crippen LogP contribution in [-0.2, 0) is 0 Å². The molecule has 0 aromatic heterocycles. The summed E-state index contributed by atoms with van der Waals surface area (Å²) in [7, 11) is 0. The van der Waals surface area contributed by atoms with Crippen molar-refractivity contribution in [2.24, 2.45) is 5.10 Å². The summed E-state index contributed by atoms with van der Waals surface area (Å²) < 4.78 is 40.5. The SMILES string of the molecule is CCCCC1=NN(C(=O)c2cccc(Br)c2)C(O)(C(F)(F)F)C1. The van der Waals surface area contributed by atoms with Crippen LogP contribution in [0, 0.1) is 0 Å². The minimum absolute atomic E-state index is 0.0162. The summed E-state index contributed by atoms with van der Waals surface area (Å²) >= 11 is 3.16. The van der Waals surface area contributed by atoms with Crippen LogP contribution in [0.5, 0.6) is 0 Å². The molecule has 0 saturated heterocycles. The number of unbranched alkanes of at least 4 members (excludes halogenated alkanes) is 1. The molecule has 23 heavy (non-hydrogen) atoms. The van der Waals surface area contributed by atoms with Crippen LogP contribution in [0.3, 0.4) is 0 Å². The molecule has 1 aliphatic heterocycles. The van der Waals surface area contributed by atoms with Gasteiger partial charge in [-0.15, -0.1) is 0 Å². The fourth-order valence-corrected chi connectivity index (χ4v) is 2.71. The van der Waals surface area contributed by atoms with Gasteiger partial charge in [0.1, 0.15) is 0 Å². The third kappa shape index (κ3) is 3.58. The summed E-state index contributed by atoms with van der Waals surface area (Å²) in [5.41, 5.74) is -3.10. The van der Waals surface area contributed by atoms with Crippen LogP contribution >= 0.6 is 15.9 Å². The largest absolute Gasteiger partial charge is 0.438 e. The van der Waals surface area contributed by atoms with Crippen molar-refractivity contribution in [2.75, 3.05) is 0 Å². The molecule has 4 nitrogen and oxygen atoms in total. The molecule has 0 aliphatic carbocycles. The van der Waals surface area contributed by atoms with Crippen molar-refractivity contribution in [3.63, 3.8) is 0 Å². The monoisotopic (exact) mass is 392 g/mol. The summed E-state index contributed by atoms with van der Waals surface area (Å²) in [4.78, 5) is 12.4. The zero-order chi connectivity index (χ0) is 17.3. The molecular formula is C15H16BrF3N2O2. The maximum Gasteiger partial charge on any atom is 0.438 e. The van der Waals surface area contributed by atoms with E-state index < -0.39 is 24.2 Å². The fourth-order valence-electron chi connectivity index (χ4n) is 2.32. The van der Waals surface area contributed by atoms with Crippen LogP contribution in [0.2, 0.25) is 0 Å². The van der Waals surface area contributed by atoms with Gasteiger partial charge in [-0.3, -0.25) is 4.79 Å². The molecule has 1 unspecified atom stereocenters. The quantitative estimate of drug-likeness (QED) is 0.838. The zero-order valence-corrected chi connectivity index (χ0v) is 14.0. The molecule has 8 heteroatoms. The Hall–Kier alpha value is -1.41. The van der Waals surface area contributed by atoms with Gasteiger partial charge in [-0.25, -0.2) is 0 Å². The summed E-state index contributed by atoms with van der Waals surface area (Å²) in [6, 6.07) is 5.94. The number of alkyl halides is 3. The number of carbonyl (C=O) groups excluding carboxylic acids is 1.